The van der Waals surface area contributed by atoms with Gasteiger partial charge in [-0.1, -0.05) is 36.4 Å². The molecule has 0 radical (unpaired) electrons. The molecule has 34 heavy (non-hydrogen) atoms. The number of anilines is 1. The van der Waals surface area contributed by atoms with E-state index in [0.717, 1.165) is 30.9 Å². The van der Waals surface area contributed by atoms with Crippen LogP contribution in [-0.4, -0.2) is 62.0 Å². The first-order valence-corrected chi connectivity index (χ1v) is 11.3. The second-order valence-electron chi connectivity index (χ2n) is 8.19. The minimum absolute atomic E-state index is 0.0669. The summed E-state index contributed by atoms with van der Waals surface area (Å²) in [5.74, 6) is 1.33. The number of amides is 2. The van der Waals surface area contributed by atoms with Gasteiger partial charge >= 0.3 is 0 Å². The Kier molecular flexibility index (Phi) is 9.64. The van der Waals surface area contributed by atoms with Gasteiger partial charge < -0.3 is 15.4 Å². The van der Waals surface area contributed by atoms with E-state index in [1.54, 1.807) is 12.1 Å². The summed E-state index contributed by atoms with van der Waals surface area (Å²) in [7, 11) is 3.89. The van der Waals surface area contributed by atoms with Crippen LogP contribution in [0.4, 0.5) is 5.69 Å². The second-order valence-corrected chi connectivity index (χ2v) is 8.19. The number of ether oxygens (including phenoxy) is 1. The van der Waals surface area contributed by atoms with Crippen molar-refractivity contribution in [1.82, 2.24) is 15.1 Å². The maximum Gasteiger partial charge on any atom is 0.252 e. The second kappa shape index (κ2) is 13.1. The molecule has 7 nitrogen and oxygen atoms in total. The summed E-state index contributed by atoms with van der Waals surface area (Å²) >= 11 is 0. The van der Waals surface area contributed by atoms with E-state index >= 15 is 0 Å². The van der Waals surface area contributed by atoms with Crippen LogP contribution in [0.15, 0.2) is 84.9 Å². The number of nitrogens with zero attached hydrogens (tertiary/aromatic N) is 2. The summed E-state index contributed by atoms with van der Waals surface area (Å²) in [4.78, 5) is 28.5. The normalized spacial score (nSPS) is 10.8. The molecule has 178 valence electrons. The summed E-state index contributed by atoms with van der Waals surface area (Å²) < 4.78 is 5.77. The maximum atomic E-state index is 12.4. The van der Waals surface area contributed by atoms with Crippen LogP contribution in [0.25, 0.3) is 0 Å². The highest BCUT2D eigenvalue weighted by Gasteiger charge is 2.09. The summed E-state index contributed by atoms with van der Waals surface area (Å²) in [6.45, 7) is 2.36. The molecule has 0 aliphatic rings. The molecule has 0 aromatic heterocycles. The lowest BCUT2D eigenvalue weighted by molar-refractivity contribution is -0.117. The van der Waals surface area contributed by atoms with E-state index in [4.69, 9.17) is 4.74 Å². The molecule has 2 amide bonds. The quantitative estimate of drug-likeness (QED) is 0.399. The van der Waals surface area contributed by atoms with Crippen molar-refractivity contribution < 1.29 is 14.3 Å². The van der Waals surface area contributed by atoms with Gasteiger partial charge in [-0.15, -0.1) is 0 Å². The van der Waals surface area contributed by atoms with E-state index in [-0.39, 0.29) is 11.8 Å². The average Bonchev–Trinajstić information content (AvgIpc) is 2.85. The predicted octanol–water partition coefficient (Wildman–Crippen LogP) is 4.06. The summed E-state index contributed by atoms with van der Waals surface area (Å²) in [6.07, 6.45) is 0.882. The van der Waals surface area contributed by atoms with E-state index in [2.05, 4.69) is 10.6 Å². The summed E-state index contributed by atoms with van der Waals surface area (Å²) in [5.41, 5.74) is 1.38. The number of carbonyl (C=O) groups is 2. The number of rotatable bonds is 12. The van der Waals surface area contributed by atoms with Gasteiger partial charge in [0.1, 0.15) is 11.5 Å². The van der Waals surface area contributed by atoms with Gasteiger partial charge in [-0.25, -0.2) is 0 Å². The number of nitrogens with one attached hydrogen (secondary N) is 2. The van der Waals surface area contributed by atoms with Crippen LogP contribution >= 0.6 is 0 Å². The SMILES string of the molecule is CN(CCCN(C)CC(=O)Nc1ccc(Oc2ccccc2)cc1)CNC(=O)c1ccccc1. The molecule has 3 aromatic carbocycles. The fourth-order valence-electron chi connectivity index (χ4n) is 3.34. The van der Waals surface area contributed by atoms with Gasteiger partial charge in [-0.2, -0.15) is 0 Å². The van der Waals surface area contributed by atoms with Crippen molar-refractivity contribution in [3.05, 3.63) is 90.5 Å². The van der Waals surface area contributed by atoms with E-state index < -0.39 is 0 Å². The third-order valence-electron chi connectivity index (χ3n) is 5.16. The first-order valence-electron chi connectivity index (χ1n) is 11.3. The fraction of sp³-hybridized carbons (Fsp3) is 0.259. The molecule has 0 saturated carbocycles. The Labute approximate surface area is 201 Å². The van der Waals surface area contributed by atoms with Gasteiger partial charge in [0.15, 0.2) is 0 Å². The Morgan fingerprint density at radius 2 is 1.35 bits per heavy atom. The molecule has 0 atom stereocenters. The van der Waals surface area contributed by atoms with Gasteiger partial charge in [0.2, 0.25) is 5.91 Å². The zero-order chi connectivity index (χ0) is 24.2. The Hall–Kier alpha value is -3.68. The summed E-state index contributed by atoms with van der Waals surface area (Å²) in [5, 5.41) is 5.83. The molecule has 2 N–H and O–H groups in total. The van der Waals surface area contributed by atoms with E-state index in [9.17, 15) is 9.59 Å². The van der Waals surface area contributed by atoms with Crippen molar-refractivity contribution in [2.75, 3.05) is 45.7 Å². The third kappa shape index (κ3) is 8.69. The van der Waals surface area contributed by atoms with Crippen molar-refractivity contribution in [2.45, 2.75) is 6.42 Å². The largest absolute Gasteiger partial charge is 0.457 e. The van der Waals surface area contributed by atoms with E-state index in [1.165, 1.54) is 0 Å². The molecule has 3 aromatic rings. The van der Waals surface area contributed by atoms with E-state index in [1.807, 2.05) is 96.7 Å². The molecule has 0 saturated heterocycles. The number of carbonyl (C=O) groups excluding carboxylic acids is 2. The van der Waals surface area contributed by atoms with Crippen molar-refractivity contribution in [3.63, 3.8) is 0 Å². The lowest BCUT2D eigenvalue weighted by Crippen LogP contribution is -2.37. The monoisotopic (exact) mass is 460 g/mol. The molecule has 0 aliphatic carbocycles. The number of hydrogen-bond acceptors (Lipinski definition) is 5. The van der Waals surface area contributed by atoms with Crippen LogP contribution in [0.2, 0.25) is 0 Å². The first kappa shape index (κ1) is 25.0. The van der Waals surface area contributed by atoms with Crippen LogP contribution in [0.3, 0.4) is 0 Å². The molecule has 0 heterocycles. The highest BCUT2D eigenvalue weighted by atomic mass is 16.5. The molecular formula is C27H32N4O3. The van der Waals surface area contributed by atoms with Gasteiger partial charge in [0.05, 0.1) is 13.2 Å². The Morgan fingerprint density at radius 1 is 0.765 bits per heavy atom. The third-order valence-corrected chi connectivity index (χ3v) is 5.16. The van der Waals surface area contributed by atoms with Gasteiger partial charge in [0.25, 0.3) is 5.91 Å². The maximum absolute atomic E-state index is 12.4. The Balaban J connectivity index is 1.31. The minimum Gasteiger partial charge on any atom is -0.457 e. The molecule has 0 unspecified atom stereocenters. The zero-order valence-electron chi connectivity index (χ0n) is 19.7. The van der Waals surface area contributed by atoms with Crippen molar-refractivity contribution >= 4 is 17.5 Å². The van der Waals surface area contributed by atoms with Gasteiger partial charge in [0, 0.05) is 17.8 Å². The van der Waals surface area contributed by atoms with Crippen molar-refractivity contribution in [2.24, 2.45) is 0 Å². The number of benzene rings is 3. The summed E-state index contributed by atoms with van der Waals surface area (Å²) in [6, 6.07) is 26.1. The van der Waals surface area contributed by atoms with Crippen LogP contribution < -0.4 is 15.4 Å². The Morgan fingerprint density at radius 3 is 2.03 bits per heavy atom. The number of para-hydroxylation sites is 1. The predicted molar refractivity (Wildman–Crippen MR) is 135 cm³/mol. The smallest absolute Gasteiger partial charge is 0.252 e. The van der Waals surface area contributed by atoms with Crippen LogP contribution in [0, 0.1) is 0 Å². The molecule has 7 heteroatoms. The number of hydrogen-bond donors (Lipinski definition) is 2. The highest BCUT2D eigenvalue weighted by molar-refractivity contribution is 5.94. The van der Waals surface area contributed by atoms with Crippen LogP contribution in [0.1, 0.15) is 16.8 Å². The van der Waals surface area contributed by atoms with Crippen molar-refractivity contribution in [3.8, 4) is 11.5 Å². The van der Waals surface area contributed by atoms with E-state index in [0.29, 0.717) is 24.5 Å². The molecule has 0 fully saturated rings. The van der Waals surface area contributed by atoms with Crippen LogP contribution in [0.5, 0.6) is 11.5 Å². The minimum atomic E-state index is -0.0825. The molecule has 0 aliphatic heterocycles. The number of likely N-dealkylation sites (N-methyl/N-ethyl adjacent to an activating group) is 1. The highest BCUT2D eigenvalue weighted by Crippen LogP contribution is 2.22. The standard InChI is InChI=1S/C27H32N4O3/c1-30(18-9-19-31(2)21-28-27(33)22-10-5-3-6-11-22)20-26(32)29-23-14-16-25(17-15-23)34-24-12-7-4-8-13-24/h3-8,10-17H,9,18-21H2,1-2H3,(H,28,33)(H,29,32). The van der Waals surface area contributed by atoms with Crippen molar-refractivity contribution in [1.29, 1.82) is 0 Å². The molecule has 0 bridgehead atoms. The first-order chi connectivity index (χ1) is 16.5. The zero-order valence-corrected chi connectivity index (χ0v) is 19.7. The molecular weight excluding hydrogens is 428 g/mol. The fourth-order valence-corrected chi connectivity index (χ4v) is 3.34. The van der Waals surface area contributed by atoms with Gasteiger partial charge in [-0.3, -0.25) is 19.4 Å². The lowest BCUT2D eigenvalue weighted by Gasteiger charge is -2.20. The molecule has 0 spiro atoms. The van der Waals surface area contributed by atoms with Crippen LogP contribution in [-0.2, 0) is 4.79 Å². The topological polar surface area (TPSA) is 73.9 Å². The Bertz CT molecular complexity index is 1030. The van der Waals surface area contributed by atoms with Gasteiger partial charge in [-0.05, 0) is 75.6 Å². The average molecular weight is 461 g/mol. The molecule has 3 rings (SSSR count). The lowest BCUT2D eigenvalue weighted by atomic mass is 10.2.